The molecule has 23 heavy (non-hydrogen) atoms. The van der Waals surface area contributed by atoms with Crippen LogP contribution < -0.4 is 22.5 Å². The first-order chi connectivity index (χ1) is 10.6. The number of rotatable bonds is 10. The summed E-state index contributed by atoms with van der Waals surface area (Å²) in [5, 5.41) is 27.1. The zero-order chi connectivity index (χ0) is 18.4. The van der Waals surface area contributed by atoms with Crippen LogP contribution in [0.2, 0.25) is 0 Å². The molecule has 0 aromatic carbocycles. The zero-order valence-electron chi connectivity index (χ0n) is 12.6. The van der Waals surface area contributed by atoms with E-state index in [1.165, 1.54) is 0 Å². The maximum atomic E-state index is 10.2. The summed E-state index contributed by atoms with van der Waals surface area (Å²) in [5.41, 5.74) is 15.1. The van der Waals surface area contributed by atoms with Gasteiger partial charge in [-0.05, 0) is 25.7 Å². The summed E-state index contributed by atoms with van der Waals surface area (Å²) in [6.45, 7) is 0.357. The number of nitrogens with one attached hydrogen (secondary N) is 1. The van der Waals surface area contributed by atoms with Gasteiger partial charge in [0.15, 0.2) is 0 Å². The fraction of sp³-hybridized carbons (Fsp3) is 0.667. The Morgan fingerprint density at radius 2 is 1.30 bits per heavy atom. The van der Waals surface area contributed by atoms with Crippen LogP contribution in [0.25, 0.3) is 0 Å². The molecule has 10 N–H and O–H groups in total. The smallest absolute Gasteiger partial charge is 0.320 e. The molecule has 2 atom stereocenters. The number of carboxylic acids is 3. The number of aliphatic carboxylic acids is 3. The summed E-state index contributed by atoms with van der Waals surface area (Å²) in [6.07, 6.45) is 1.33. The molecule has 0 saturated heterocycles. The molecule has 0 rings (SSSR count). The molecule has 0 heterocycles. The normalized spacial score (nSPS) is 12.3. The molecule has 11 nitrogen and oxygen atoms in total. The minimum absolute atomic E-state index is 0.0268. The fourth-order valence-corrected chi connectivity index (χ4v) is 1.25. The molecule has 134 valence electrons. The first kappa shape index (κ1) is 22.9. The SMILES string of the molecule is NC(=O)NCCC[C@H](N)C(=O)O.NC(CCCC(=O)O)C(=O)O. The summed E-state index contributed by atoms with van der Waals surface area (Å²) in [5.74, 6) is -3.05. The van der Waals surface area contributed by atoms with E-state index < -0.39 is 36.0 Å². The average Bonchev–Trinajstić information content (AvgIpc) is 2.43. The van der Waals surface area contributed by atoms with E-state index in [2.05, 4.69) is 5.32 Å². The highest BCUT2D eigenvalue weighted by molar-refractivity contribution is 5.73. The Morgan fingerprint density at radius 1 is 0.870 bits per heavy atom. The first-order valence-electron chi connectivity index (χ1n) is 6.79. The Kier molecular flexibility index (Phi) is 13.2. The van der Waals surface area contributed by atoms with Crippen molar-refractivity contribution in [3.8, 4) is 0 Å². The van der Waals surface area contributed by atoms with Crippen LogP contribution >= 0.6 is 0 Å². The highest BCUT2D eigenvalue weighted by Crippen LogP contribution is 1.98. The third kappa shape index (κ3) is 17.5. The van der Waals surface area contributed by atoms with Gasteiger partial charge in [0.1, 0.15) is 12.1 Å². The summed E-state index contributed by atoms with van der Waals surface area (Å²) >= 11 is 0. The predicted octanol–water partition coefficient (Wildman–Crippen LogP) is -1.50. The Hall–Kier alpha value is -2.40. The van der Waals surface area contributed by atoms with Crippen molar-refractivity contribution >= 4 is 23.9 Å². The Labute approximate surface area is 132 Å². The summed E-state index contributed by atoms with van der Waals surface area (Å²) in [6, 6.07) is -2.41. The molecule has 1 unspecified atom stereocenters. The van der Waals surface area contributed by atoms with E-state index in [9.17, 15) is 19.2 Å². The maximum Gasteiger partial charge on any atom is 0.320 e. The van der Waals surface area contributed by atoms with Crippen LogP contribution in [-0.4, -0.2) is 57.9 Å². The number of carbonyl (C=O) groups excluding carboxylic acids is 1. The first-order valence-corrected chi connectivity index (χ1v) is 6.79. The molecule has 0 aliphatic heterocycles. The molecule has 0 bridgehead atoms. The molecule has 0 radical (unpaired) electrons. The summed E-state index contributed by atoms with van der Waals surface area (Å²) in [4.78, 5) is 40.4. The number of nitrogens with two attached hydrogens (primary N) is 3. The van der Waals surface area contributed by atoms with Crippen LogP contribution in [0.5, 0.6) is 0 Å². The second-order valence-corrected chi connectivity index (χ2v) is 4.61. The van der Waals surface area contributed by atoms with Crippen LogP contribution in [0.3, 0.4) is 0 Å². The lowest BCUT2D eigenvalue weighted by atomic mass is 10.1. The molecule has 0 fully saturated rings. The second-order valence-electron chi connectivity index (χ2n) is 4.61. The standard InChI is InChI=1S/C6H13N3O3.C6H11NO4/c7-4(5(10)11)2-1-3-9-6(8)12;7-4(6(10)11)2-1-3-5(8)9/h4H,1-3,7H2,(H,10,11)(H3,8,9,12);4H,1-3,7H2,(H,8,9)(H,10,11)/t4-;/m0./s1. The van der Waals surface area contributed by atoms with Crippen molar-refractivity contribution in [2.45, 2.75) is 44.2 Å². The molecule has 2 amide bonds. The quantitative estimate of drug-likeness (QED) is 0.230. The highest BCUT2D eigenvalue weighted by atomic mass is 16.4. The van der Waals surface area contributed by atoms with Gasteiger partial charge in [0.25, 0.3) is 0 Å². The molecule has 0 aromatic heterocycles. The number of carboxylic acid groups (broad SMARTS) is 3. The third-order valence-electron chi connectivity index (χ3n) is 2.53. The third-order valence-corrected chi connectivity index (χ3v) is 2.53. The van der Waals surface area contributed by atoms with Gasteiger partial charge in [-0.25, -0.2) is 4.79 Å². The number of amides is 2. The molecular weight excluding hydrogens is 312 g/mol. The predicted molar refractivity (Wildman–Crippen MR) is 79.5 cm³/mol. The van der Waals surface area contributed by atoms with Crippen LogP contribution in [0.1, 0.15) is 32.1 Å². The van der Waals surface area contributed by atoms with Gasteiger partial charge >= 0.3 is 23.9 Å². The number of hydrogen-bond acceptors (Lipinski definition) is 6. The van der Waals surface area contributed by atoms with E-state index in [-0.39, 0.29) is 12.8 Å². The highest BCUT2D eigenvalue weighted by Gasteiger charge is 2.11. The number of hydrogen-bond donors (Lipinski definition) is 7. The molecule has 0 aliphatic rings. The molecule has 0 spiro atoms. The van der Waals surface area contributed by atoms with Crippen molar-refractivity contribution in [3.05, 3.63) is 0 Å². The van der Waals surface area contributed by atoms with E-state index in [0.29, 0.717) is 25.8 Å². The molecular formula is C12H24N4O7. The Bertz CT molecular complexity index is 403. The van der Waals surface area contributed by atoms with Crippen LogP contribution in [0.15, 0.2) is 0 Å². The zero-order valence-corrected chi connectivity index (χ0v) is 12.6. The lowest BCUT2D eigenvalue weighted by Gasteiger charge is -2.05. The lowest BCUT2D eigenvalue weighted by molar-refractivity contribution is -0.140. The Balaban J connectivity index is 0. The molecule has 0 aliphatic carbocycles. The largest absolute Gasteiger partial charge is 0.481 e. The molecule has 0 aromatic rings. The van der Waals surface area contributed by atoms with Crippen molar-refractivity contribution in [1.29, 1.82) is 0 Å². The van der Waals surface area contributed by atoms with Crippen molar-refractivity contribution in [1.82, 2.24) is 5.32 Å². The van der Waals surface area contributed by atoms with E-state index in [1.54, 1.807) is 0 Å². The van der Waals surface area contributed by atoms with Crippen LogP contribution in [-0.2, 0) is 14.4 Å². The fourth-order valence-electron chi connectivity index (χ4n) is 1.25. The van der Waals surface area contributed by atoms with Gasteiger partial charge < -0.3 is 37.8 Å². The molecule has 11 heteroatoms. The number of urea groups is 1. The van der Waals surface area contributed by atoms with E-state index in [1.807, 2.05) is 0 Å². The molecule has 0 saturated carbocycles. The van der Waals surface area contributed by atoms with Gasteiger partial charge in [0.05, 0.1) is 0 Å². The van der Waals surface area contributed by atoms with Gasteiger partial charge in [-0.1, -0.05) is 0 Å². The monoisotopic (exact) mass is 336 g/mol. The lowest BCUT2D eigenvalue weighted by Crippen LogP contribution is -2.33. The van der Waals surface area contributed by atoms with Gasteiger partial charge in [-0.15, -0.1) is 0 Å². The minimum atomic E-state index is -1.09. The minimum Gasteiger partial charge on any atom is -0.481 e. The van der Waals surface area contributed by atoms with Gasteiger partial charge in [-0.3, -0.25) is 14.4 Å². The Morgan fingerprint density at radius 3 is 1.65 bits per heavy atom. The maximum absolute atomic E-state index is 10.2. The second kappa shape index (κ2) is 13.3. The van der Waals surface area contributed by atoms with E-state index in [4.69, 9.17) is 32.5 Å². The summed E-state index contributed by atoms with van der Waals surface area (Å²) in [7, 11) is 0. The van der Waals surface area contributed by atoms with Crippen LogP contribution in [0, 0.1) is 0 Å². The van der Waals surface area contributed by atoms with E-state index >= 15 is 0 Å². The van der Waals surface area contributed by atoms with E-state index in [0.717, 1.165) is 0 Å². The van der Waals surface area contributed by atoms with Crippen molar-refractivity contribution in [2.75, 3.05) is 6.54 Å². The van der Waals surface area contributed by atoms with Crippen molar-refractivity contribution in [2.24, 2.45) is 17.2 Å². The van der Waals surface area contributed by atoms with Crippen LogP contribution in [0.4, 0.5) is 4.79 Å². The topological polar surface area (TPSA) is 219 Å². The summed E-state index contributed by atoms with van der Waals surface area (Å²) < 4.78 is 0. The van der Waals surface area contributed by atoms with Gasteiger partial charge in [0.2, 0.25) is 0 Å². The van der Waals surface area contributed by atoms with Gasteiger partial charge in [0, 0.05) is 13.0 Å². The van der Waals surface area contributed by atoms with Crippen molar-refractivity contribution in [3.63, 3.8) is 0 Å². The number of primary amides is 1. The van der Waals surface area contributed by atoms with Crippen molar-refractivity contribution < 1.29 is 34.5 Å². The average molecular weight is 336 g/mol. The number of carbonyl (C=O) groups is 4. The van der Waals surface area contributed by atoms with Gasteiger partial charge in [-0.2, -0.15) is 0 Å².